The molecule has 1 aromatic carbocycles. The average Bonchev–Trinajstić information content (AvgIpc) is 2.52. The Morgan fingerprint density at radius 1 is 0.733 bits per heavy atom. The second-order valence-corrected chi connectivity index (χ2v) is 7.71. The number of alkyl halides is 13. The van der Waals surface area contributed by atoms with E-state index in [0.717, 1.165) is 18.2 Å². The third-order valence-electron chi connectivity index (χ3n) is 4.01. The van der Waals surface area contributed by atoms with Crippen molar-refractivity contribution in [1.29, 1.82) is 0 Å². The van der Waals surface area contributed by atoms with Gasteiger partial charge in [0.25, 0.3) is 0 Å². The first-order chi connectivity index (χ1) is 13.0. The Bertz CT molecular complexity index is 770. The molecule has 0 bridgehead atoms. The van der Waals surface area contributed by atoms with Crippen molar-refractivity contribution in [3.8, 4) is 0 Å². The van der Waals surface area contributed by atoms with Gasteiger partial charge in [-0.1, -0.05) is 12.1 Å². The summed E-state index contributed by atoms with van der Waals surface area (Å²) in [5.41, 5.74) is -3.66. The molecule has 0 aliphatic carbocycles. The van der Waals surface area contributed by atoms with Gasteiger partial charge in [-0.3, -0.25) is 0 Å². The van der Waals surface area contributed by atoms with E-state index < -0.39 is 53.4 Å². The Balaban J connectivity index is 3.45. The van der Waals surface area contributed by atoms with Gasteiger partial charge in [-0.05, 0) is 47.2 Å². The Morgan fingerprint density at radius 2 is 1.17 bits per heavy atom. The van der Waals surface area contributed by atoms with Crippen molar-refractivity contribution in [3.05, 3.63) is 33.4 Å². The number of halogens is 14. The number of hydrogen-bond donors (Lipinski definition) is 1. The predicted octanol–water partition coefficient (Wildman–Crippen LogP) is 6.63. The maximum atomic E-state index is 13.9. The van der Waals surface area contributed by atoms with Crippen molar-refractivity contribution in [1.82, 2.24) is 0 Å². The summed E-state index contributed by atoms with van der Waals surface area (Å²) in [4.78, 5) is 0. The summed E-state index contributed by atoms with van der Waals surface area (Å²) in [5.74, 6) is -37.4. The van der Waals surface area contributed by atoms with Gasteiger partial charge in [0, 0.05) is 3.57 Å². The van der Waals surface area contributed by atoms with Gasteiger partial charge >= 0.3 is 35.8 Å². The Labute approximate surface area is 173 Å². The standard InChI is InChI=1S/C15H10F13IO/c1-9(30,7-3-2-4-8(29)5-7)6-10(16,17)11(18,19)12(20,21)13(22,23)14(24,25)15(26,27)28/h2-5,30H,6H2,1H3. The first-order valence-corrected chi connectivity index (χ1v) is 8.48. The lowest BCUT2D eigenvalue weighted by atomic mass is 9.84. The van der Waals surface area contributed by atoms with E-state index in [1.54, 1.807) is 22.6 Å². The van der Waals surface area contributed by atoms with E-state index in [1.165, 1.54) is 6.07 Å². The molecule has 0 fully saturated rings. The van der Waals surface area contributed by atoms with Gasteiger partial charge in [0.2, 0.25) is 0 Å². The van der Waals surface area contributed by atoms with E-state index in [9.17, 15) is 62.2 Å². The second-order valence-electron chi connectivity index (χ2n) is 6.46. The van der Waals surface area contributed by atoms with Gasteiger partial charge in [-0.15, -0.1) is 0 Å². The molecule has 1 aromatic rings. The van der Waals surface area contributed by atoms with Crippen molar-refractivity contribution in [3.63, 3.8) is 0 Å². The Kier molecular flexibility index (Phi) is 6.80. The van der Waals surface area contributed by atoms with Gasteiger partial charge in [-0.25, -0.2) is 0 Å². The highest BCUT2D eigenvalue weighted by molar-refractivity contribution is 14.1. The first kappa shape index (κ1) is 27.0. The average molecular weight is 580 g/mol. The molecule has 0 aliphatic heterocycles. The summed E-state index contributed by atoms with van der Waals surface area (Å²) >= 11 is 1.58. The van der Waals surface area contributed by atoms with Crippen LogP contribution in [0.25, 0.3) is 0 Å². The summed E-state index contributed by atoms with van der Waals surface area (Å²) in [6.45, 7) is 0.406. The van der Waals surface area contributed by atoms with Gasteiger partial charge in [-0.2, -0.15) is 57.1 Å². The molecule has 30 heavy (non-hydrogen) atoms. The molecule has 0 saturated heterocycles. The maximum absolute atomic E-state index is 13.9. The molecule has 0 saturated carbocycles. The molecular formula is C15H10F13IO. The van der Waals surface area contributed by atoms with Crippen LogP contribution in [0.1, 0.15) is 18.9 Å². The van der Waals surface area contributed by atoms with Crippen LogP contribution in [-0.4, -0.2) is 40.9 Å². The minimum atomic E-state index is -7.96. The molecule has 1 unspecified atom stereocenters. The summed E-state index contributed by atoms with van der Waals surface area (Å²) in [6, 6.07) is 4.26. The zero-order valence-corrected chi connectivity index (χ0v) is 16.4. The molecule has 1 N–H and O–H groups in total. The SMILES string of the molecule is CC(O)(CC(F)(F)C(F)(F)C(F)(F)C(F)(F)C(F)(F)C(F)(F)F)c1cccc(I)c1. The van der Waals surface area contributed by atoms with E-state index >= 15 is 0 Å². The van der Waals surface area contributed by atoms with Crippen molar-refractivity contribution in [2.75, 3.05) is 0 Å². The molecular weight excluding hydrogens is 570 g/mol. The summed E-state index contributed by atoms with van der Waals surface area (Å²) in [5, 5.41) is 9.99. The van der Waals surface area contributed by atoms with E-state index in [2.05, 4.69) is 0 Å². The van der Waals surface area contributed by atoms with Crippen molar-refractivity contribution in [2.24, 2.45) is 0 Å². The van der Waals surface area contributed by atoms with Crippen molar-refractivity contribution >= 4 is 22.6 Å². The van der Waals surface area contributed by atoms with Crippen molar-refractivity contribution < 1.29 is 62.2 Å². The summed E-state index contributed by atoms with van der Waals surface area (Å²) < 4.78 is 171. The molecule has 174 valence electrons. The first-order valence-electron chi connectivity index (χ1n) is 7.40. The quantitative estimate of drug-likeness (QED) is 0.284. The smallest absolute Gasteiger partial charge is 0.385 e. The molecule has 1 rings (SSSR count). The van der Waals surface area contributed by atoms with Crippen LogP contribution in [0.5, 0.6) is 0 Å². The van der Waals surface area contributed by atoms with Crippen LogP contribution in [0.3, 0.4) is 0 Å². The molecule has 0 radical (unpaired) electrons. The molecule has 0 aromatic heterocycles. The Hall–Kier alpha value is -1.00. The van der Waals surface area contributed by atoms with Crippen LogP contribution >= 0.6 is 22.6 Å². The molecule has 0 spiro atoms. The lowest BCUT2D eigenvalue weighted by Gasteiger charge is -2.41. The van der Waals surface area contributed by atoms with E-state index in [4.69, 9.17) is 0 Å². The van der Waals surface area contributed by atoms with Gasteiger partial charge in [0.15, 0.2) is 0 Å². The maximum Gasteiger partial charge on any atom is 0.460 e. The van der Waals surface area contributed by atoms with Gasteiger partial charge in [0.1, 0.15) is 0 Å². The zero-order chi connectivity index (χ0) is 24.2. The lowest BCUT2D eigenvalue weighted by Crippen LogP contribution is -2.70. The number of aliphatic hydroxyl groups is 1. The fourth-order valence-electron chi connectivity index (χ4n) is 2.27. The highest BCUT2D eigenvalue weighted by atomic mass is 127. The second kappa shape index (κ2) is 7.55. The minimum absolute atomic E-state index is 0.238. The molecule has 1 atom stereocenters. The Morgan fingerprint density at radius 3 is 1.57 bits per heavy atom. The number of rotatable bonds is 7. The van der Waals surface area contributed by atoms with E-state index in [-0.39, 0.29) is 3.57 Å². The third-order valence-corrected chi connectivity index (χ3v) is 4.68. The highest BCUT2D eigenvalue weighted by Crippen LogP contribution is 2.61. The number of hydrogen-bond acceptors (Lipinski definition) is 1. The fraction of sp³-hybridized carbons (Fsp3) is 0.600. The van der Waals surface area contributed by atoms with Crippen LogP contribution < -0.4 is 0 Å². The molecule has 0 amide bonds. The highest BCUT2D eigenvalue weighted by Gasteiger charge is 2.90. The van der Waals surface area contributed by atoms with Crippen LogP contribution in [0.15, 0.2) is 24.3 Å². The van der Waals surface area contributed by atoms with Gasteiger partial charge in [0.05, 0.1) is 12.0 Å². The predicted molar refractivity (Wildman–Crippen MR) is 84.1 cm³/mol. The van der Waals surface area contributed by atoms with Crippen LogP contribution in [0.4, 0.5) is 57.1 Å². The molecule has 15 heteroatoms. The molecule has 0 heterocycles. The fourth-order valence-corrected chi connectivity index (χ4v) is 2.81. The topological polar surface area (TPSA) is 20.2 Å². The van der Waals surface area contributed by atoms with Crippen LogP contribution in [0, 0.1) is 3.57 Å². The van der Waals surface area contributed by atoms with E-state index in [0.29, 0.717) is 6.92 Å². The number of benzene rings is 1. The third kappa shape index (κ3) is 4.19. The monoisotopic (exact) mass is 580 g/mol. The largest absolute Gasteiger partial charge is 0.460 e. The lowest BCUT2D eigenvalue weighted by molar-refractivity contribution is -0.441. The molecule has 1 nitrogen and oxygen atoms in total. The van der Waals surface area contributed by atoms with Crippen LogP contribution in [-0.2, 0) is 5.60 Å². The molecule has 0 aliphatic rings. The summed E-state index contributed by atoms with van der Waals surface area (Å²) in [7, 11) is 0. The van der Waals surface area contributed by atoms with Crippen molar-refractivity contribution in [2.45, 2.75) is 54.7 Å². The normalized spacial score (nSPS) is 17.1. The minimum Gasteiger partial charge on any atom is -0.385 e. The van der Waals surface area contributed by atoms with Gasteiger partial charge < -0.3 is 5.11 Å². The zero-order valence-electron chi connectivity index (χ0n) is 14.3. The van der Waals surface area contributed by atoms with Crippen LogP contribution in [0.2, 0.25) is 0 Å². The van der Waals surface area contributed by atoms with E-state index in [1.807, 2.05) is 0 Å². The summed E-state index contributed by atoms with van der Waals surface area (Å²) in [6.07, 6.45) is -10.2.